The molecule has 0 atom stereocenters. The van der Waals surface area contributed by atoms with Crippen molar-refractivity contribution in [3.05, 3.63) is 43.0 Å². The van der Waals surface area contributed by atoms with Crippen LogP contribution in [-0.4, -0.2) is 9.85 Å². The van der Waals surface area contributed by atoms with Crippen molar-refractivity contribution in [1.82, 2.24) is 0 Å². The maximum Gasteiger partial charge on any atom is 0.282 e. The van der Waals surface area contributed by atoms with Crippen LogP contribution in [0.2, 0.25) is 0 Å². The predicted octanol–water partition coefficient (Wildman–Crippen LogP) is 2.94. The molecule has 0 fully saturated rings. The molecule has 0 saturated heterocycles. The number of nitrogens with zero attached hydrogens (tertiary/aromatic N) is 2. The third kappa shape index (κ3) is 2.25. The molecule has 0 unspecified atom stereocenters. The first-order valence-corrected chi connectivity index (χ1v) is 5.38. The van der Waals surface area contributed by atoms with E-state index in [-0.39, 0.29) is 16.9 Å². The third-order valence-electron chi connectivity index (χ3n) is 2.79. The van der Waals surface area contributed by atoms with E-state index in [9.17, 15) is 20.2 Å². The molecule has 0 spiro atoms. The van der Waals surface area contributed by atoms with E-state index >= 15 is 0 Å². The van der Waals surface area contributed by atoms with E-state index in [1.165, 1.54) is 6.92 Å². The van der Waals surface area contributed by atoms with Crippen LogP contribution >= 0.6 is 0 Å². The first kappa shape index (κ1) is 13.1. The van der Waals surface area contributed by atoms with Gasteiger partial charge in [0.2, 0.25) is 0 Å². The summed E-state index contributed by atoms with van der Waals surface area (Å²) < 4.78 is 0. The van der Waals surface area contributed by atoms with Gasteiger partial charge in [-0.25, -0.2) is 0 Å². The second-order valence-corrected chi connectivity index (χ2v) is 3.74. The van der Waals surface area contributed by atoms with Crippen molar-refractivity contribution in [2.75, 3.05) is 0 Å². The topological polar surface area (TPSA) is 86.3 Å². The summed E-state index contributed by atoms with van der Waals surface area (Å²) in [6, 6.07) is 1.57. The summed E-state index contributed by atoms with van der Waals surface area (Å²) >= 11 is 0. The van der Waals surface area contributed by atoms with Crippen LogP contribution < -0.4 is 0 Å². The van der Waals surface area contributed by atoms with Crippen molar-refractivity contribution in [2.45, 2.75) is 33.6 Å². The van der Waals surface area contributed by atoms with Crippen LogP contribution in [0.4, 0.5) is 11.4 Å². The van der Waals surface area contributed by atoms with Gasteiger partial charge in [0.15, 0.2) is 0 Å². The smallest absolute Gasteiger partial charge is 0.258 e. The number of nitro benzene ring substituents is 2. The summed E-state index contributed by atoms with van der Waals surface area (Å²) in [7, 11) is 0. The van der Waals surface area contributed by atoms with E-state index in [1.54, 1.807) is 19.9 Å². The highest BCUT2D eigenvalue weighted by atomic mass is 16.6. The van der Waals surface area contributed by atoms with Gasteiger partial charge in [-0.15, -0.1) is 0 Å². The lowest BCUT2D eigenvalue weighted by Gasteiger charge is -2.08. The van der Waals surface area contributed by atoms with Crippen LogP contribution in [-0.2, 0) is 12.8 Å². The van der Waals surface area contributed by atoms with E-state index < -0.39 is 9.85 Å². The lowest BCUT2D eigenvalue weighted by atomic mass is 9.98. The molecule has 1 aromatic carbocycles. The van der Waals surface area contributed by atoms with Crippen molar-refractivity contribution >= 4 is 11.4 Å². The predicted molar refractivity (Wildman–Crippen MR) is 63.2 cm³/mol. The highest BCUT2D eigenvalue weighted by molar-refractivity contribution is 5.61. The molecule has 0 bridgehead atoms. The van der Waals surface area contributed by atoms with Gasteiger partial charge in [0.1, 0.15) is 5.56 Å². The number of rotatable bonds is 4. The Morgan fingerprint density at radius 2 is 1.35 bits per heavy atom. The normalized spacial score (nSPS) is 10.3. The summed E-state index contributed by atoms with van der Waals surface area (Å²) in [4.78, 5) is 20.8. The Bertz CT molecular complexity index is 443. The Morgan fingerprint density at radius 3 is 1.59 bits per heavy atom. The van der Waals surface area contributed by atoms with Crippen LogP contribution in [0.5, 0.6) is 0 Å². The van der Waals surface area contributed by atoms with Gasteiger partial charge in [-0.2, -0.15) is 0 Å². The average Bonchev–Trinajstić information content (AvgIpc) is 2.26. The van der Waals surface area contributed by atoms with E-state index in [1.807, 2.05) is 0 Å². The molecule has 0 radical (unpaired) electrons. The standard InChI is InChI=1S/C11H14N2O4/c1-4-8-6-9(5-2)11(13(16)17)7(3)10(8)12(14)15/h6H,4-5H2,1-3H3. The molecule has 0 aromatic heterocycles. The Kier molecular flexibility index (Phi) is 3.77. The summed E-state index contributed by atoms with van der Waals surface area (Å²) in [5.74, 6) is 0. The highest BCUT2D eigenvalue weighted by Crippen LogP contribution is 2.35. The fourth-order valence-electron chi connectivity index (χ4n) is 1.99. The molecule has 0 N–H and O–H groups in total. The molecule has 6 nitrogen and oxygen atoms in total. The van der Waals surface area contributed by atoms with E-state index in [0.717, 1.165) is 0 Å². The fraction of sp³-hybridized carbons (Fsp3) is 0.455. The third-order valence-corrected chi connectivity index (χ3v) is 2.79. The quantitative estimate of drug-likeness (QED) is 0.596. The monoisotopic (exact) mass is 238 g/mol. The van der Waals surface area contributed by atoms with Crippen molar-refractivity contribution in [2.24, 2.45) is 0 Å². The zero-order valence-electron chi connectivity index (χ0n) is 10.0. The molecule has 0 amide bonds. The van der Waals surface area contributed by atoms with E-state index in [2.05, 4.69) is 0 Å². The van der Waals surface area contributed by atoms with Crippen molar-refractivity contribution in [3.8, 4) is 0 Å². The van der Waals surface area contributed by atoms with Gasteiger partial charge in [0.05, 0.1) is 9.85 Å². The van der Waals surface area contributed by atoms with Crippen LogP contribution in [0.3, 0.4) is 0 Å². The number of nitro groups is 2. The molecule has 17 heavy (non-hydrogen) atoms. The molecule has 1 rings (SSSR count). The molecule has 0 aliphatic heterocycles. The zero-order valence-corrected chi connectivity index (χ0v) is 10.0. The van der Waals surface area contributed by atoms with Crippen LogP contribution in [0.1, 0.15) is 30.5 Å². The molecule has 92 valence electrons. The minimum Gasteiger partial charge on any atom is -0.258 e. The maximum atomic E-state index is 11.0. The second kappa shape index (κ2) is 4.90. The largest absolute Gasteiger partial charge is 0.282 e. The van der Waals surface area contributed by atoms with Crippen molar-refractivity contribution < 1.29 is 9.85 Å². The summed E-state index contributed by atoms with van der Waals surface area (Å²) in [5, 5.41) is 21.9. The Morgan fingerprint density at radius 1 is 1.00 bits per heavy atom. The van der Waals surface area contributed by atoms with Gasteiger partial charge in [0, 0.05) is 11.1 Å². The SMILES string of the molecule is CCc1cc(CC)c([N+](=O)[O-])c(C)c1[N+](=O)[O-]. The van der Waals surface area contributed by atoms with Crippen LogP contribution in [0.25, 0.3) is 0 Å². The molecule has 1 aromatic rings. The highest BCUT2D eigenvalue weighted by Gasteiger charge is 2.28. The number of aryl methyl sites for hydroxylation is 2. The fourth-order valence-corrected chi connectivity index (χ4v) is 1.99. The molecule has 0 aliphatic rings. The molecule has 0 heterocycles. The first-order valence-electron chi connectivity index (χ1n) is 5.38. The van der Waals surface area contributed by atoms with Gasteiger partial charge in [-0.1, -0.05) is 13.8 Å². The zero-order chi connectivity index (χ0) is 13.2. The lowest BCUT2D eigenvalue weighted by molar-refractivity contribution is -0.396. The average molecular weight is 238 g/mol. The molecule has 0 saturated carbocycles. The molecule has 0 aliphatic carbocycles. The Labute approximate surface area is 98.6 Å². The summed E-state index contributed by atoms with van der Waals surface area (Å²) in [5.41, 5.74) is 0.994. The van der Waals surface area contributed by atoms with Gasteiger partial charge in [0.25, 0.3) is 11.4 Å². The number of hydrogen-bond acceptors (Lipinski definition) is 4. The maximum absolute atomic E-state index is 11.0. The summed E-state index contributed by atoms with van der Waals surface area (Å²) in [6.07, 6.45) is 0.976. The molecule has 6 heteroatoms. The molecular formula is C11H14N2O4. The van der Waals surface area contributed by atoms with Crippen molar-refractivity contribution in [3.63, 3.8) is 0 Å². The number of benzene rings is 1. The van der Waals surface area contributed by atoms with Crippen molar-refractivity contribution in [1.29, 1.82) is 0 Å². The Balaban J connectivity index is 3.67. The minimum atomic E-state index is -0.541. The van der Waals surface area contributed by atoms with E-state index in [4.69, 9.17) is 0 Å². The first-order chi connectivity index (χ1) is 7.93. The van der Waals surface area contributed by atoms with Gasteiger partial charge >= 0.3 is 0 Å². The second-order valence-electron chi connectivity index (χ2n) is 3.74. The van der Waals surface area contributed by atoms with Gasteiger partial charge in [-0.3, -0.25) is 20.2 Å². The van der Waals surface area contributed by atoms with E-state index in [0.29, 0.717) is 24.0 Å². The van der Waals surface area contributed by atoms with Gasteiger partial charge in [-0.05, 0) is 25.8 Å². The Hall–Kier alpha value is -1.98. The summed E-state index contributed by atoms with van der Waals surface area (Å²) in [6.45, 7) is 5.04. The van der Waals surface area contributed by atoms with Gasteiger partial charge < -0.3 is 0 Å². The molecular weight excluding hydrogens is 224 g/mol. The number of hydrogen-bond donors (Lipinski definition) is 0. The minimum absolute atomic E-state index is 0.128. The van der Waals surface area contributed by atoms with Crippen LogP contribution in [0.15, 0.2) is 6.07 Å². The lowest BCUT2D eigenvalue weighted by Crippen LogP contribution is -2.05. The van der Waals surface area contributed by atoms with Crippen LogP contribution in [0, 0.1) is 27.2 Å².